The van der Waals surface area contributed by atoms with Crippen molar-refractivity contribution in [3.8, 4) is 0 Å². The van der Waals surface area contributed by atoms with Crippen molar-refractivity contribution in [1.29, 1.82) is 0 Å². The molecular weight excluding hydrogens is 897 g/mol. The lowest BCUT2D eigenvalue weighted by Gasteiger charge is -2.42. The molecule has 0 amide bonds. The second kappa shape index (κ2) is 43.4. The average Bonchev–Trinajstić information content (AvgIpc) is 3.36. The maximum absolute atomic E-state index is 13.0. The Labute approximate surface area is 422 Å². The molecule has 0 saturated carbocycles. The van der Waals surface area contributed by atoms with Gasteiger partial charge < -0.3 is 64.2 Å². The van der Waals surface area contributed by atoms with Crippen LogP contribution in [0.3, 0.4) is 0 Å². The first kappa shape index (κ1) is 64.1. The number of hydrogen-bond acceptors (Lipinski definition) is 14. The summed E-state index contributed by atoms with van der Waals surface area (Å²) in [6.07, 6.45) is 34.5. The molecule has 0 bridgehead atoms. The maximum atomic E-state index is 13.0. The van der Waals surface area contributed by atoms with Crippen LogP contribution in [0.4, 0.5) is 0 Å². The van der Waals surface area contributed by atoms with E-state index in [9.17, 15) is 40.5 Å². The van der Waals surface area contributed by atoms with Crippen LogP contribution in [-0.4, -0.2) is 142 Å². The molecule has 14 heteroatoms. The number of aliphatic hydroxyl groups is 7. The number of unbranched alkanes of at least 4 members (excludes halogenated alkanes) is 22. The van der Waals surface area contributed by atoms with Crippen LogP contribution >= 0.6 is 0 Å². The zero-order valence-corrected chi connectivity index (χ0v) is 43.5. The number of ether oxygens (including phenoxy) is 6. The highest BCUT2D eigenvalue weighted by molar-refractivity contribution is 5.69. The van der Waals surface area contributed by atoms with Gasteiger partial charge in [0, 0.05) is 13.0 Å². The summed E-state index contributed by atoms with van der Waals surface area (Å²) in [5.41, 5.74) is 0. The summed E-state index contributed by atoms with van der Waals surface area (Å²) in [5.74, 6) is -0.385. The third kappa shape index (κ3) is 30.2. The van der Waals surface area contributed by atoms with Gasteiger partial charge in [-0.3, -0.25) is 4.79 Å². The van der Waals surface area contributed by atoms with E-state index in [1.54, 1.807) is 0 Å². The third-order valence-electron chi connectivity index (χ3n) is 13.1. The summed E-state index contributed by atoms with van der Waals surface area (Å²) < 4.78 is 34.3. The summed E-state index contributed by atoms with van der Waals surface area (Å²) >= 11 is 0. The normalized spacial score (nSPS) is 25.8. The lowest BCUT2D eigenvalue weighted by Crippen LogP contribution is -2.61. The van der Waals surface area contributed by atoms with Gasteiger partial charge in [0.2, 0.25) is 0 Å². The van der Waals surface area contributed by atoms with Crippen molar-refractivity contribution in [1.82, 2.24) is 0 Å². The van der Waals surface area contributed by atoms with Gasteiger partial charge in [0.25, 0.3) is 0 Å². The predicted molar refractivity (Wildman–Crippen MR) is 275 cm³/mol. The number of carbonyl (C=O) groups is 1. The number of rotatable bonds is 44. The molecule has 2 aliphatic heterocycles. The fourth-order valence-corrected chi connectivity index (χ4v) is 8.51. The smallest absolute Gasteiger partial charge is 0.306 e. The van der Waals surface area contributed by atoms with E-state index >= 15 is 0 Å². The van der Waals surface area contributed by atoms with Gasteiger partial charge in [-0.05, 0) is 70.6 Å². The van der Waals surface area contributed by atoms with Gasteiger partial charge in [-0.2, -0.15) is 0 Å². The standard InChI is InChI=1S/C56H100O14/c1-3-5-7-9-11-13-15-17-19-20-21-22-23-24-25-27-29-31-33-35-37-39-48(58)68-45(42-65-40-38-36-34-32-30-28-26-18-16-14-12-10-8-6-4-2)43-66-55-54(64)52(62)50(60)47(70-55)44-67-56-53(63)51(61)49(59)46(41-57)69-56/h10,12,15-18,20-21,45-47,49-57,59-64H,3-9,11,13-14,19,22-44H2,1-2H3/b12-10-,17-15-,18-16-,21-20-. The summed E-state index contributed by atoms with van der Waals surface area (Å²) in [6.45, 7) is 3.62. The molecule has 408 valence electrons. The second-order valence-corrected chi connectivity index (χ2v) is 19.4. The highest BCUT2D eigenvalue weighted by Crippen LogP contribution is 2.26. The topological polar surface area (TPSA) is 214 Å². The SMILES string of the molecule is CCCC/C=C\C/C=C\CCCCCCCCOCC(COC1OC(COC2OC(CO)C(O)C(O)C2O)C(O)C(O)C1O)OC(=O)CCCCCCCCCCC/C=C\C/C=C\CCCCCCC. The average molecular weight is 997 g/mol. The Hall–Kier alpha value is -2.05. The van der Waals surface area contributed by atoms with Crippen LogP contribution in [0, 0.1) is 0 Å². The maximum Gasteiger partial charge on any atom is 0.306 e. The Bertz CT molecular complexity index is 1340. The Morgan fingerprint density at radius 2 is 0.900 bits per heavy atom. The van der Waals surface area contributed by atoms with Crippen molar-refractivity contribution in [2.75, 3.05) is 33.0 Å². The molecule has 0 aromatic carbocycles. The Kier molecular flexibility index (Phi) is 39.7. The first-order valence-electron chi connectivity index (χ1n) is 27.7. The van der Waals surface area contributed by atoms with Crippen LogP contribution in [0.15, 0.2) is 48.6 Å². The van der Waals surface area contributed by atoms with Crippen LogP contribution in [0.25, 0.3) is 0 Å². The number of aliphatic hydroxyl groups excluding tert-OH is 7. The van der Waals surface area contributed by atoms with Gasteiger partial charge in [-0.15, -0.1) is 0 Å². The quantitative estimate of drug-likeness (QED) is 0.0172. The minimum absolute atomic E-state index is 0.0520. The van der Waals surface area contributed by atoms with Gasteiger partial charge in [0.15, 0.2) is 12.6 Å². The molecule has 0 aromatic heterocycles. The minimum Gasteiger partial charge on any atom is -0.457 e. The molecule has 0 radical (unpaired) electrons. The predicted octanol–water partition coefficient (Wildman–Crippen LogP) is 9.13. The van der Waals surface area contributed by atoms with E-state index in [2.05, 4.69) is 62.5 Å². The summed E-state index contributed by atoms with van der Waals surface area (Å²) in [5, 5.41) is 72.2. The van der Waals surface area contributed by atoms with E-state index in [0.29, 0.717) is 13.0 Å². The van der Waals surface area contributed by atoms with Crippen LogP contribution in [-0.2, 0) is 33.2 Å². The van der Waals surface area contributed by atoms with Gasteiger partial charge >= 0.3 is 5.97 Å². The van der Waals surface area contributed by atoms with Crippen molar-refractivity contribution >= 4 is 5.97 Å². The molecular formula is C56H100O14. The van der Waals surface area contributed by atoms with Gasteiger partial charge in [0.1, 0.15) is 54.9 Å². The van der Waals surface area contributed by atoms with Crippen LogP contribution in [0.1, 0.15) is 200 Å². The molecule has 14 nitrogen and oxygen atoms in total. The number of allylic oxidation sites excluding steroid dienone is 8. The lowest BCUT2D eigenvalue weighted by atomic mass is 9.98. The zero-order chi connectivity index (χ0) is 50.9. The molecule has 7 N–H and O–H groups in total. The van der Waals surface area contributed by atoms with Crippen molar-refractivity contribution in [3.63, 3.8) is 0 Å². The Morgan fingerprint density at radius 1 is 0.471 bits per heavy atom. The first-order valence-corrected chi connectivity index (χ1v) is 27.7. The second-order valence-electron chi connectivity index (χ2n) is 19.4. The van der Waals surface area contributed by atoms with Crippen molar-refractivity contribution in [2.24, 2.45) is 0 Å². The summed E-state index contributed by atoms with van der Waals surface area (Å²) in [4.78, 5) is 13.0. The van der Waals surface area contributed by atoms with Crippen molar-refractivity contribution in [2.45, 2.75) is 268 Å². The van der Waals surface area contributed by atoms with E-state index < -0.39 is 80.7 Å². The Morgan fingerprint density at radius 3 is 1.41 bits per heavy atom. The van der Waals surface area contributed by atoms with E-state index in [0.717, 1.165) is 77.0 Å². The van der Waals surface area contributed by atoms with Gasteiger partial charge in [-0.1, -0.05) is 172 Å². The molecule has 0 aliphatic carbocycles. The fourth-order valence-electron chi connectivity index (χ4n) is 8.51. The van der Waals surface area contributed by atoms with E-state index in [1.807, 2.05) is 0 Å². The number of esters is 1. The molecule has 11 atom stereocenters. The van der Waals surface area contributed by atoms with Gasteiger partial charge in [-0.25, -0.2) is 0 Å². The van der Waals surface area contributed by atoms with Crippen LogP contribution in [0.2, 0.25) is 0 Å². The van der Waals surface area contributed by atoms with Crippen molar-refractivity contribution in [3.05, 3.63) is 48.6 Å². The largest absolute Gasteiger partial charge is 0.457 e. The highest BCUT2D eigenvalue weighted by Gasteiger charge is 2.47. The van der Waals surface area contributed by atoms with Crippen LogP contribution in [0.5, 0.6) is 0 Å². The van der Waals surface area contributed by atoms with Crippen molar-refractivity contribution < 1.29 is 69.0 Å². The molecule has 0 spiro atoms. The van der Waals surface area contributed by atoms with Gasteiger partial charge in [0.05, 0.1) is 26.4 Å². The fraction of sp³-hybridized carbons (Fsp3) is 0.839. The molecule has 2 rings (SSSR count). The first-order chi connectivity index (χ1) is 34.1. The highest BCUT2D eigenvalue weighted by atomic mass is 16.7. The third-order valence-corrected chi connectivity index (χ3v) is 13.1. The molecule has 2 saturated heterocycles. The number of hydrogen-bond donors (Lipinski definition) is 7. The molecule has 70 heavy (non-hydrogen) atoms. The molecule has 2 heterocycles. The summed E-state index contributed by atoms with van der Waals surface area (Å²) in [6, 6.07) is 0. The Balaban J connectivity index is 1.74. The lowest BCUT2D eigenvalue weighted by molar-refractivity contribution is -0.332. The molecule has 2 aliphatic rings. The van der Waals surface area contributed by atoms with E-state index in [4.69, 9.17) is 28.4 Å². The van der Waals surface area contributed by atoms with E-state index in [-0.39, 0.29) is 25.6 Å². The molecule has 0 aromatic rings. The summed E-state index contributed by atoms with van der Waals surface area (Å²) in [7, 11) is 0. The van der Waals surface area contributed by atoms with Crippen LogP contribution < -0.4 is 0 Å². The molecule has 2 fully saturated rings. The van der Waals surface area contributed by atoms with E-state index in [1.165, 1.54) is 96.3 Å². The monoisotopic (exact) mass is 997 g/mol. The molecule has 11 unspecified atom stereocenters. The number of carbonyl (C=O) groups excluding carboxylic acids is 1. The zero-order valence-electron chi connectivity index (χ0n) is 43.5. The minimum atomic E-state index is -1.71.